The first-order valence-electron chi connectivity index (χ1n) is 7.54. The van der Waals surface area contributed by atoms with Gasteiger partial charge in [0.05, 0.1) is 11.9 Å². The minimum Gasteiger partial charge on any atom is -0.406 e. The minimum absolute atomic E-state index is 0.243. The van der Waals surface area contributed by atoms with Gasteiger partial charge >= 0.3 is 6.36 Å². The van der Waals surface area contributed by atoms with E-state index in [0.717, 1.165) is 0 Å². The predicted molar refractivity (Wildman–Crippen MR) is 84.3 cm³/mol. The number of alkyl halides is 3. The molecule has 6 nitrogen and oxygen atoms in total. The van der Waals surface area contributed by atoms with Gasteiger partial charge in [-0.3, -0.25) is 9.78 Å². The maximum absolute atomic E-state index is 12.5. The summed E-state index contributed by atoms with van der Waals surface area (Å²) in [4.78, 5) is 22.2. The summed E-state index contributed by atoms with van der Waals surface area (Å²) in [5.41, 5.74) is 1.07. The van der Waals surface area contributed by atoms with Crippen molar-refractivity contribution in [2.45, 2.75) is 25.7 Å². The molecule has 1 aromatic carbocycles. The number of carbonyl (C=O) groups is 1. The van der Waals surface area contributed by atoms with Gasteiger partial charge in [0.1, 0.15) is 17.6 Å². The molecule has 132 valence electrons. The molecule has 9 heteroatoms. The molecular formula is C16H15F3N4O2. The average molecular weight is 352 g/mol. The summed E-state index contributed by atoms with van der Waals surface area (Å²) in [5.74, 6) is -0.124. The largest absolute Gasteiger partial charge is 0.573 e. The topological polar surface area (TPSA) is 67.3 Å². The van der Waals surface area contributed by atoms with Crippen molar-refractivity contribution in [2.75, 3.05) is 16.8 Å². The molecular weight excluding hydrogens is 337 g/mol. The molecule has 1 aliphatic heterocycles. The van der Waals surface area contributed by atoms with Gasteiger partial charge in [0, 0.05) is 24.5 Å². The molecule has 0 spiro atoms. The molecule has 3 rings (SSSR count). The number of nitrogens with one attached hydrogen (secondary N) is 1. The van der Waals surface area contributed by atoms with E-state index in [2.05, 4.69) is 20.0 Å². The monoisotopic (exact) mass is 352 g/mol. The molecule has 0 radical (unpaired) electrons. The van der Waals surface area contributed by atoms with E-state index in [4.69, 9.17) is 0 Å². The lowest BCUT2D eigenvalue weighted by atomic mass is 10.2. The Hall–Kier alpha value is -2.84. The predicted octanol–water partition coefficient (Wildman–Crippen LogP) is 2.90. The van der Waals surface area contributed by atoms with Crippen LogP contribution in [0.4, 0.5) is 24.7 Å². The van der Waals surface area contributed by atoms with Gasteiger partial charge in [-0.2, -0.15) is 0 Å². The van der Waals surface area contributed by atoms with Gasteiger partial charge in [-0.25, -0.2) is 4.98 Å². The SMILES string of the molecule is Cc1cncc(NC2CCN(c3cccc(OC(F)(F)F)c3)C2=O)n1. The fourth-order valence-corrected chi connectivity index (χ4v) is 2.63. The highest BCUT2D eigenvalue weighted by Gasteiger charge is 2.34. The fraction of sp³-hybridized carbons (Fsp3) is 0.312. The lowest BCUT2D eigenvalue weighted by Gasteiger charge is -2.18. The van der Waals surface area contributed by atoms with Gasteiger partial charge in [-0.05, 0) is 25.5 Å². The minimum atomic E-state index is -4.78. The Kier molecular flexibility index (Phi) is 4.47. The number of halogens is 3. The Balaban J connectivity index is 1.72. The summed E-state index contributed by atoms with van der Waals surface area (Å²) in [7, 11) is 0. The number of aryl methyl sites for hydroxylation is 1. The second-order valence-corrected chi connectivity index (χ2v) is 5.57. The van der Waals surface area contributed by atoms with Crippen molar-refractivity contribution in [3.63, 3.8) is 0 Å². The Morgan fingerprint density at radius 1 is 1.32 bits per heavy atom. The fourth-order valence-electron chi connectivity index (χ4n) is 2.63. The van der Waals surface area contributed by atoms with Gasteiger partial charge in [0.15, 0.2) is 0 Å². The Bertz CT molecular complexity index is 782. The Morgan fingerprint density at radius 3 is 2.84 bits per heavy atom. The third-order valence-corrected chi connectivity index (χ3v) is 3.65. The van der Waals surface area contributed by atoms with Gasteiger partial charge in [-0.1, -0.05) is 6.07 Å². The lowest BCUT2D eigenvalue weighted by Crippen LogP contribution is -2.33. The highest BCUT2D eigenvalue weighted by Crippen LogP contribution is 2.29. The van der Waals surface area contributed by atoms with Crippen molar-refractivity contribution in [2.24, 2.45) is 0 Å². The van der Waals surface area contributed by atoms with Crippen LogP contribution in [0.3, 0.4) is 0 Å². The van der Waals surface area contributed by atoms with Crippen molar-refractivity contribution in [3.05, 3.63) is 42.4 Å². The summed E-state index contributed by atoms with van der Waals surface area (Å²) in [5, 5.41) is 3.01. The molecule has 0 bridgehead atoms. The van der Waals surface area contributed by atoms with Crippen LogP contribution in [-0.4, -0.2) is 34.8 Å². The van der Waals surface area contributed by atoms with E-state index >= 15 is 0 Å². The van der Waals surface area contributed by atoms with E-state index in [0.29, 0.717) is 30.2 Å². The summed E-state index contributed by atoms with van der Waals surface area (Å²) >= 11 is 0. The normalized spacial score (nSPS) is 17.7. The quantitative estimate of drug-likeness (QED) is 0.916. The molecule has 1 saturated heterocycles. The molecule has 1 unspecified atom stereocenters. The molecule has 1 N–H and O–H groups in total. The zero-order chi connectivity index (χ0) is 18.0. The van der Waals surface area contributed by atoms with Crippen LogP contribution in [0.1, 0.15) is 12.1 Å². The average Bonchev–Trinajstić information content (AvgIpc) is 2.87. The molecule has 0 aliphatic carbocycles. The number of amides is 1. The van der Waals surface area contributed by atoms with E-state index < -0.39 is 12.4 Å². The Labute approximate surface area is 141 Å². The van der Waals surface area contributed by atoms with E-state index in [1.807, 2.05) is 0 Å². The molecule has 2 aromatic rings. The molecule has 1 atom stereocenters. The highest BCUT2D eigenvalue weighted by molar-refractivity contribution is 6.01. The number of aromatic nitrogens is 2. The number of ether oxygens (including phenoxy) is 1. The third-order valence-electron chi connectivity index (χ3n) is 3.65. The molecule has 2 heterocycles. The summed E-state index contributed by atoms with van der Waals surface area (Å²) < 4.78 is 40.9. The van der Waals surface area contributed by atoms with Crippen molar-refractivity contribution in [3.8, 4) is 5.75 Å². The van der Waals surface area contributed by atoms with Gasteiger partial charge < -0.3 is 15.0 Å². The van der Waals surface area contributed by atoms with Gasteiger partial charge in [-0.15, -0.1) is 13.2 Å². The third kappa shape index (κ3) is 4.17. The maximum Gasteiger partial charge on any atom is 0.573 e. The summed E-state index contributed by atoms with van der Waals surface area (Å²) in [6.07, 6.45) is -1.17. The second kappa shape index (κ2) is 6.58. The van der Waals surface area contributed by atoms with Crippen LogP contribution in [0.15, 0.2) is 36.7 Å². The molecule has 1 amide bonds. The highest BCUT2D eigenvalue weighted by atomic mass is 19.4. The number of benzene rings is 1. The van der Waals surface area contributed by atoms with E-state index in [-0.39, 0.29) is 11.7 Å². The number of anilines is 2. The van der Waals surface area contributed by atoms with Gasteiger partial charge in [0.2, 0.25) is 5.91 Å². The van der Waals surface area contributed by atoms with Crippen LogP contribution in [0.25, 0.3) is 0 Å². The van der Waals surface area contributed by atoms with Crippen molar-refractivity contribution < 1.29 is 22.7 Å². The summed E-state index contributed by atoms with van der Waals surface area (Å²) in [6.45, 7) is 2.16. The van der Waals surface area contributed by atoms with Crippen LogP contribution >= 0.6 is 0 Å². The Morgan fingerprint density at radius 2 is 2.12 bits per heavy atom. The zero-order valence-electron chi connectivity index (χ0n) is 13.2. The molecule has 1 aromatic heterocycles. The number of nitrogens with zero attached hydrogens (tertiary/aromatic N) is 3. The smallest absolute Gasteiger partial charge is 0.406 e. The molecule has 25 heavy (non-hydrogen) atoms. The standard InChI is InChI=1S/C16H15F3N4O2/c1-10-8-20-9-14(21-10)22-13-5-6-23(15(13)24)11-3-2-4-12(7-11)25-16(17,18)19/h2-4,7-9,13H,5-6H2,1H3,(H,21,22). The van der Waals surface area contributed by atoms with Crippen LogP contribution in [-0.2, 0) is 4.79 Å². The second-order valence-electron chi connectivity index (χ2n) is 5.57. The van der Waals surface area contributed by atoms with Crippen LogP contribution in [0.2, 0.25) is 0 Å². The number of carbonyl (C=O) groups excluding carboxylic acids is 1. The van der Waals surface area contributed by atoms with Crippen LogP contribution < -0.4 is 15.0 Å². The van der Waals surface area contributed by atoms with Crippen molar-refractivity contribution >= 4 is 17.4 Å². The van der Waals surface area contributed by atoms with Crippen LogP contribution in [0.5, 0.6) is 5.75 Å². The van der Waals surface area contributed by atoms with E-state index in [1.54, 1.807) is 19.2 Å². The number of rotatable bonds is 4. The van der Waals surface area contributed by atoms with E-state index in [1.165, 1.54) is 29.3 Å². The lowest BCUT2D eigenvalue weighted by molar-refractivity contribution is -0.274. The number of hydrogen-bond donors (Lipinski definition) is 1. The molecule has 0 saturated carbocycles. The molecule has 1 fully saturated rings. The summed E-state index contributed by atoms with van der Waals surface area (Å²) in [6, 6.07) is 4.85. The van der Waals surface area contributed by atoms with E-state index in [9.17, 15) is 18.0 Å². The van der Waals surface area contributed by atoms with Crippen molar-refractivity contribution in [1.82, 2.24) is 9.97 Å². The van der Waals surface area contributed by atoms with Gasteiger partial charge in [0.25, 0.3) is 0 Å². The first-order valence-corrected chi connectivity index (χ1v) is 7.54. The maximum atomic E-state index is 12.5. The first-order chi connectivity index (χ1) is 11.8. The number of hydrogen-bond acceptors (Lipinski definition) is 5. The van der Waals surface area contributed by atoms with Crippen molar-refractivity contribution in [1.29, 1.82) is 0 Å². The zero-order valence-corrected chi connectivity index (χ0v) is 13.2. The molecule has 1 aliphatic rings. The first kappa shape index (κ1) is 17.0. The van der Waals surface area contributed by atoms with Crippen LogP contribution in [0, 0.1) is 6.92 Å².